The molecule has 33 heavy (non-hydrogen) atoms. The number of H-pyrrole nitrogens is 1. The van der Waals surface area contributed by atoms with E-state index in [0.29, 0.717) is 18.8 Å². The highest BCUT2D eigenvalue weighted by molar-refractivity contribution is 5.98. The van der Waals surface area contributed by atoms with E-state index in [0.717, 1.165) is 28.5 Å². The monoisotopic (exact) mass is 451 g/mol. The zero-order valence-corrected chi connectivity index (χ0v) is 18.8. The maximum atomic E-state index is 13.2. The maximum Gasteiger partial charge on any atom is 0.267 e. The van der Waals surface area contributed by atoms with Gasteiger partial charge in [-0.05, 0) is 47.7 Å². The van der Waals surface area contributed by atoms with Gasteiger partial charge in [-0.3, -0.25) is 9.59 Å². The number of hydrogen-bond acceptors (Lipinski definition) is 4. The van der Waals surface area contributed by atoms with E-state index in [2.05, 4.69) is 20.9 Å². The fraction of sp³-hybridized carbons (Fsp3) is 0.360. The van der Waals surface area contributed by atoms with Crippen molar-refractivity contribution in [1.82, 2.24) is 20.9 Å². The lowest BCUT2D eigenvalue weighted by molar-refractivity contribution is -0.123. The third kappa shape index (κ3) is 5.40. The van der Waals surface area contributed by atoms with Crippen molar-refractivity contribution in [2.75, 3.05) is 13.1 Å². The second-order valence-electron chi connectivity index (χ2n) is 9.02. The molecule has 3 atom stereocenters. The Hall–Kier alpha value is -3.23. The van der Waals surface area contributed by atoms with Gasteiger partial charge in [0.2, 0.25) is 5.91 Å². The molecule has 2 amide bonds. The average molecular weight is 452 g/mol. The summed E-state index contributed by atoms with van der Waals surface area (Å²) in [5, 5.41) is 10.2. The summed E-state index contributed by atoms with van der Waals surface area (Å²) in [5.41, 5.74) is 9.07. The quantitative estimate of drug-likeness (QED) is 0.380. The molecule has 2 aromatic carbocycles. The van der Waals surface area contributed by atoms with Gasteiger partial charge in [-0.2, -0.15) is 0 Å². The van der Waals surface area contributed by atoms with E-state index in [4.69, 9.17) is 5.73 Å². The Morgan fingerprint density at radius 2 is 1.85 bits per heavy atom. The van der Waals surface area contributed by atoms with E-state index < -0.39 is 6.04 Å². The Morgan fingerprint density at radius 1 is 1.12 bits per heavy atom. The number of nitrogens with two attached hydrogens (primary N) is 1. The number of fused-ring (bicyclic) bond motifs is 1. The molecule has 1 aromatic heterocycles. The van der Waals surface area contributed by atoms with Crippen LogP contribution in [0.15, 0.2) is 48.5 Å². The Morgan fingerprint density at radius 3 is 2.58 bits per heavy atom. The fourth-order valence-electron chi connectivity index (χ4n) is 4.07. The normalized spacial score (nSPS) is 19.1. The number of hydrogen-bond donors (Lipinski definition) is 5. The number of rotatable bonds is 7. The van der Waals surface area contributed by atoms with Crippen LogP contribution in [-0.4, -0.2) is 48.0 Å². The average Bonchev–Trinajstić information content (AvgIpc) is 3.43. The Labute approximate surface area is 192 Å². The van der Waals surface area contributed by atoms with Crippen LogP contribution >= 0.6 is 0 Å². The minimum absolute atomic E-state index is 0.00200. The minimum atomic E-state index is -0.519. The highest BCUT2D eigenvalue weighted by atomic mass is 19.1. The Kier molecular flexibility index (Phi) is 6.76. The van der Waals surface area contributed by atoms with E-state index in [1.54, 1.807) is 12.1 Å². The van der Waals surface area contributed by atoms with Gasteiger partial charge in [0.1, 0.15) is 11.5 Å². The standard InChI is InChI=1S/C25H30FN5O2/c1-14(2)23(27)25(33)30-20-11-19(28-13-20)12-29-24(32)22-10-17-4-3-16(9-21(17)31-22)15-5-7-18(26)8-6-15/h3-10,14,19-20,23,28,31H,11-13,27H2,1-2H3,(H,29,32)(H,30,33)/t19-,20-,23+/m0/s1. The Bertz CT molecular complexity index is 1140. The lowest BCUT2D eigenvalue weighted by atomic mass is 10.0. The highest BCUT2D eigenvalue weighted by Crippen LogP contribution is 2.25. The molecule has 3 aromatic rings. The van der Waals surface area contributed by atoms with Crippen LogP contribution < -0.4 is 21.7 Å². The van der Waals surface area contributed by atoms with Crippen LogP contribution in [0.5, 0.6) is 0 Å². The van der Waals surface area contributed by atoms with E-state index in [1.807, 2.05) is 38.1 Å². The summed E-state index contributed by atoms with van der Waals surface area (Å²) in [6, 6.07) is 13.5. The molecule has 174 valence electrons. The zero-order chi connectivity index (χ0) is 23.5. The number of nitrogens with one attached hydrogen (secondary N) is 4. The number of aromatic amines is 1. The molecule has 1 aliphatic heterocycles. The summed E-state index contributed by atoms with van der Waals surface area (Å²) in [4.78, 5) is 28.0. The summed E-state index contributed by atoms with van der Waals surface area (Å²) in [7, 11) is 0. The van der Waals surface area contributed by atoms with Crippen molar-refractivity contribution in [3.63, 3.8) is 0 Å². The molecule has 0 radical (unpaired) electrons. The molecular formula is C25H30FN5O2. The molecular weight excluding hydrogens is 421 g/mol. The van der Waals surface area contributed by atoms with Gasteiger partial charge in [0.15, 0.2) is 0 Å². The van der Waals surface area contributed by atoms with Gasteiger partial charge in [0, 0.05) is 36.1 Å². The fourth-order valence-corrected chi connectivity index (χ4v) is 4.07. The lowest BCUT2D eigenvalue weighted by Gasteiger charge is -2.18. The maximum absolute atomic E-state index is 13.2. The molecule has 4 rings (SSSR count). The van der Waals surface area contributed by atoms with Gasteiger partial charge < -0.3 is 26.7 Å². The molecule has 0 saturated carbocycles. The highest BCUT2D eigenvalue weighted by Gasteiger charge is 2.28. The molecule has 1 saturated heterocycles. The largest absolute Gasteiger partial charge is 0.351 e. The van der Waals surface area contributed by atoms with Gasteiger partial charge in [-0.15, -0.1) is 0 Å². The molecule has 2 heterocycles. The first-order chi connectivity index (χ1) is 15.8. The number of carbonyl (C=O) groups is 2. The summed E-state index contributed by atoms with van der Waals surface area (Å²) < 4.78 is 13.2. The van der Waals surface area contributed by atoms with Crippen molar-refractivity contribution in [1.29, 1.82) is 0 Å². The van der Waals surface area contributed by atoms with Crippen molar-refractivity contribution < 1.29 is 14.0 Å². The topological polar surface area (TPSA) is 112 Å². The molecule has 8 heteroatoms. The second kappa shape index (κ2) is 9.72. The van der Waals surface area contributed by atoms with E-state index in [9.17, 15) is 14.0 Å². The van der Waals surface area contributed by atoms with Crippen LogP contribution in [0.3, 0.4) is 0 Å². The predicted octanol–water partition coefficient (Wildman–Crippen LogP) is 2.53. The van der Waals surface area contributed by atoms with Gasteiger partial charge >= 0.3 is 0 Å². The zero-order valence-electron chi connectivity index (χ0n) is 18.8. The summed E-state index contributed by atoms with van der Waals surface area (Å²) in [5.74, 6) is -0.522. The first kappa shape index (κ1) is 22.9. The first-order valence-corrected chi connectivity index (χ1v) is 11.3. The van der Waals surface area contributed by atoms with Gasteiger partial charge in [0.25, 0.3) is 5.91 Å². The second-order valence-corrected chi connectivity index (χ2v) is 9.02. The third-order valence-electron chi connectivity index (χ3n) is 6.14. The van der Waals surface area contributed by atoms with Crippen LogP contribution in [0.2, 0.25) is 0 Å². The van der Waals surface area contributed by atoms with Crippen LogP contribution in [0.25, 0.3) is 22.0 Å². The van der Waals surface area contributed by atoms with Crippen molar-refractivity contribution >= 4 is 22.7 Å². The summed E-state index contributed by atoms with van der Waals surface area (Å²) in [6.45, 7) is 4.94. The van der Waals surface area contributed by atoms with Crippen molar-refractivity contribution in [2.45, 2.75) is 38.4 Å². The van der Waals surface area contributed by atoms with Crippen LogP contribution in [0.4, 0.5) is 4.39 Å². The van der Waals surface area contributed by atoms with Crippen molar-refractivity contribution in [3.05, 3.63) is 60.0 Å². The van der Waals surface area contributed by atoms with Crippen LogP contribution in [0, 0.1) is 11.7 Å². The number of carbonyl (C=O) groups excluding carboxylic acids is 2. The smallest absolute Gasteiger partial charge is 0.267 e. The summed E-state index contributed by atoms with van der Waals surface area (Å²) in [6.07, 6.45) is 0.727. The van der Waals surface area contributed by atoms with Gasteiger partial charge in [0.05, 0.1) is 6.04 Å². The first-order valence-electron chi connectivity index (χ1n) is 11.3. The van der Waals surface area contributed by atoms with E-state index in [1.165, 1.54) is 12.1 Å². The number of amides is 2. The lowest BCUT2D eigenvalue weighted by Crippen LogP contribution is -2.48. The molecule has 6 N–H and O–H groups in total. The molecule has 0 aliphatic carbocycles. The molecule has 0 spiro atoms. The van der Waals surface area contributed by atoms with E-state index in [-0.39, 0.29) is 35.6 Å². The number of benzene rings is 2. The molecule has 0 unspecified atom stereocenters. The van der Waals surface area contributed by atoms with E-state index >= 15 is 0 Å². The van der Waals surface area contributed by atoms with Gasteiger partial charge in [-0.25, -0.2) is 4.39 Å². The predicted molar refractivity (Wildman–Crippen MR) is 127 cm³/mol. The van der Waals surface area contributed by atoms with Gasteiger partial charge in [-0.1, -0.05) is 38.1 Å². The molecule has 1 fully saturated rings. The Balaban J connectivity index is 1.33. The van der Waals surface area contributed by atoms with Crippen LogP contribution in [-0.2, 0) is 4.79 Å². The number of aromatic nitrogens is 1. The summed E-state index contributed by atoms with van der Waals surface area (Å²) >= 11 is 0. The molecule has 1 aliphatic rings. The van der Waals surface area contributed by atoms with Crippen LogP contribution in [0.1, 0.15) is 30.8 Å². The minimum Gasteiger partial charge on any atom is -0.351 e. The van der Waals surface area contributed by atoms with Crippen molar-refractivity contribution in [3.8, 4) is 11.1 Å². The SMILES string of the molecule is CC(C)[C@@H](N)C(=O)N[C@@H]1CN[C@H](CNC(=O)c2cc3ccc(-c4ccc(F)cc4)cc3[nH]2)C1. The molecule has 0 bridgehead atoms. The number of halogens is 1. The third-order valence-corrected chi connectivity index (χ3v) is 6.14. The molecule has 7 nitrogen and oxygen atoms in total. The van der Waals surface area contributed by atoms with Crippen molar-refractivity contribution in [2.24, 2.45) is 11.7 Å².